The van der Waals surface area contributed by atoms with Gasteiger partial charge in [-0.3, -0.25) is 0 Å². The first kappa shape index (κ1) is 18.0. The second-order valence-electron chi connectivity index (χ2n) is 6.30. The minimum absolute atomic E-state index is 0.243. The monoisotopic (exact) mass is 355 g/mol. The number of anilines is 3. The summed E-state index contributed by atoms with van der Waals surface area (Å²) in [5, 5.41) is 3.30. The van der Waals surface area contributed by atoms with Crippen molar-refractivity contribution in [3.63, 3.8) is 0 Å². The second-order valence-corrected chi connectivity index (χ2v) is 6.30. The van der Waals surface area contributed by atoms with Crippen LogP contribution in [0.1, 0.15) is 18.2 Å². The third-order valence-electron chi connectivity index (χ3n) is 4.36. The summed E-state index contributed by atoms with van der Waals surface area (Å²) in [5.74, 6) is 1.46. The molecular weight excluding hydrogens is 330 g/mol. The van der Waals surface area contributed by atoms with Crippen LogP contribution in [0, 0.1) is 13.8 Å². The van der Waals surface area contributed by atoms with Gasteiger partial charge in [0.05, 0.1) is 6.61 Å². The lowest BCUT2D eigenvalue weighted by atomic mass is 10.2. The number of aryl methyl sites for hydroxylation is 2. The average molecular weight is 355 g/mol. The molecule has 0 aliphatic carbocycles. The Morgan fingerprint density at radius 1 is 1.15 bits per heavy atom. The molecule has 0 spiro atoms. The molecule has 1 aliphatic heterocycles. The number of carbonyl (C=O) groups is 1. The van der Waals surface area contributed by atoms with E-state index in [1.165, 1.54) is 0 Å². The first-order valence-corrected chi connectivity index (χ1v) is 8.92. The van der Waals surface area contributed by atoms with E-state index in [0.29, 0.717) is 25.6 Å². The van der Waals surface area contributed by atoms with E-state index in [4.69, 9.17) is 4.74 Å². The quantitative estimate of drug-likeness (QED) is 0.909. The molecule has 0 saturated carbocycles. The van der Waals surface area contributed by atoms with Crippen molar-refractivity contribution in [3.05, 3.63) is 41.6 Å². The van der Waals surface area contributed by atoms with Gasteiger partial charge < -0.3 is 19.9 Å². The zero-order valence-electron chi connectivity index (χ0n) is 15.5. The number of hydrogen-bond acceptors (Lipinski definition) is 6. The summed E-state index contributed by atoms with van der Waals surface area (Å²) in [5.41, 5.74) is 3.04. The number of amides is 1. The van der Waals surface area contributed by atoms with E-state index in [2.05, 4.69) is 20.2 Å². The summed E-state index contributed by atoms with van der Waals surface area (Å²) in [4.78, 5) is 24.9. The maximum atomic E-state index is 11.8. The van der Waals surface area contributed by atoms with Crippen LogP contribution in [0.15, 0.2) is 30.3 Å². The predicted molar refractivity (Wildman–Crippen MR) is 102 cm³/mol. The molecule has 1 aliphatic rings. The lowest BCUT2D eigenvalue weighted by Gasteiger charge is -2.34. The highest BCUT2D eigenvalue weighted by molar-refractivity contribution is 5.68. The SMILES string of the molecule is CCOC(=O)N1CCN(c2cc(C)nc(Nc3ccccc3C)n2)CC1. The van der Waals surface area contributed by atoms with Crippen LogP contribution in [0.25, 0.3) is 0 Å². The summed E-state index contributed by atoms with van der Waals surface area (Å²) < 4.78 is 5.07. The molecule has 2 aromatic rings. The van der Waals surface area contributed by atoms with Crippen molar-refractivity contribution in [2.24, 2.45) is 0 Å². The normalized spacial score (nSPS) is 14.3. The van der Waals surface area contributed by atoms with Crippen LogP contribution in [0.3, 0.4) is 0 Å². The van der Waals surface area contributed by atoms with Crippen LogP contribution in [0.4, 0.5) is 22.2 Å². The third kappa shape index (κ3) is 4.22. The summed E-state index contributed by atoms with van der Waals surface area (Å²) in [6.07, 6.45) is -0.243. The minimum Gasteiger partial charge on any atom is -0.450 e. The Hall–Kier alpha value is -2.83. The first-order valence-electron chi connectivity index (χ1n) is 8.92. The second kappa shape index (κ2) is 8.03. The molecule has 1 aromatic heterocycles. The molecule has 0 atom stereocenters. The highest BCUT2D eigenvalue weighted by Crippen LogP contribution is 2.21. The van der Waals surface area contributed by atoms with Crippen LogP contribution in [0.2, 0.25) is 0 Å². The Kier molecular flexibility index (Phi) is 5.55. The van der Waals surface area contributed by atoms with E-state index in [1.54, 1.807) is 4.90 Å². The van der Waals surface area contributed by atoms with Crippen molar-refractivity contribution in [2.75, 3.05) is 43.0 Å². The number of carbonyl (C=O) groups excluding carboxylic acids is 1. The molecule has 26 heavy (non-hydrogen) atoms. The number of nitrogens with zero attached hydrogens (tertiary/aromatic N) is 4. The molecule has 0 radical (unpaired) electrons. The van der Waals surface area contributed by atoms with Crippen LogP contribution < -0.4 is 10.2 Å². The molecule has 1 saturated heterocycles. The van der Waals surface area contributed by atoms with Crippen LogP contribution >= 0.6 is 0 Å². The van der Waals surface area contributed by atoms with Crippen molar-refractivity contribution in [3.8, 4) is 0 Å². The van der Waals surface area contributed by atoms with E-state index in [9.17, 15) is 4.79 Å². The molecule has 7 nitrogen and oxygen atoms in total. The van der Waals surface area contributed by atoms with Gasteiger partial charge in [-0.2, -0.15) is 4.98 Å². The summed E-state index contributed by atoms with van der Waals surface area (Å²) >= 11 is 0. The van der Waals surface area contributed by atoms with Crippen molar-refractivity contribution in [1.82, 2.24) is 14.9 Å². The molecular formula is C19H25N5O2. The molecule has 3 rings (SSSR count). The van der Waals surface area contributed by atoms with Gasteiger partial charge in [0.1, 0.15) is 5.82 Å². The third-order valence-corrected chi connectivity index (χ3v) is 4.36. The number of ether oxygens (including phenoxy) is 1. The van der Waals surface area contributed by atoms with E-state index in [0.717, 1.165) is 35.9 Å². The standard InChI is InChI=1S/C19H25N5O2/c1-4-26-19(25)24-11-9-23(10-12-24)17-13-15(3)20-18(22-17)21-16-8-6-5-7-14(16)2/h5-8,13H,4,9-12H2,1-3H3,(H,20,21,22). The van der Waals surface area contributed by atoms with Gasteiger partial charge in [-0.15, -0.1) is 0 Å². The number of piperazine rings is 1. The predicted octanol–water partition coefficient (Wildman–Crippen LogP) is 3.12. The smallest absolute Gasteiger partial charge is 0.409 e. The zero-order valence-corrected chi connectivity index (χ0v) is 15.5. The molecule has 7 heteroatoms. The van der Waals surface area contributed by atoms with Gasteiger partial charge in [0.2, 0.25) is 5.95 Å². The lowest BCUT2D eigenvalue weighted by Crippen LogP contribution is -2.49. The van der Waals surface area contributed by atoms with Gasteiger partial charge in [-0.25, -0.2) is 9.78 Å². The largest absolute Gasteiger partial charge is 0.450 e. The molecule has 138 valence electrons. The Labute approximate surface area is 154 Å². The molecule has 0 bridgehead atoms. The molecule has 1 amide bonds. The summed E-state index contributed by atoms with van der Waals surface area (Å²) in [7, 11) is 0. The Balaban J connectivity index is 1.71. The van der Waals surface area contributed by atoms with Crippen LogP contribution in [-0.2, 0) is 4.74 Å². The van der Waals surface area contributed by atoms with Gasteiger partial charge >= 0.3 is 6.09 Å². The van der Waals surface area contributed by atoms with Crippen LogP contribution in [-0.4, -0.2) is 53.7 Å². The summed E-state index contributed by atoms with van der Waals surface area (Å²) in [6, 6.07) is 10.0. The van der Waals surface area contributed by atoms with Crippen molar-refractivity contribution in [2.45, 2.75) is 20.8 Å². The fourth-order valence-electron chi connectivity index (χ4n) is 2.94. The Morgan fingerprint density at radius 3 is 2.58 bits per heavy atom. The number of nitrogens with one attached hydrogen (secondary N) is 1. The topological polar surface area (TPSA) is 70.6 Å². The first-order chi connectivity index (χ1) is 12.6. The van der Waals surface area contributed by atoms with Crippen molar-refractivity contribution < 1.29 is 9.53 Å². The number of aromatic nitrogens is 2. The number of para-hydroxylation sites is 1. The molecule has 1 fully saturated rings. The van der Waals surface area contributed by atoms with Gasteiger partial charge in [0.25, 0.3) is 0 Å². The zero-order chi connectivity index (χ0) is 18.5. The van der Waals surface area contributed by atoms with E-state index in [1.807, 2.05) is 51.1 Å². The number of rotatable bonds is 4. The fraction of sp³-hybridized carbons (Fsp3) is 0.421. The van der Waals surface area contributed by atoms with Crippen molar-refractivity contribution >= 4 is 23.5 Å². The summed E-state index contributed by atoms with van der Waals surface area (Å²) in [6.45, 7) is 8.93. The number of benzene rings is 1. The van der Waals surface area contributed by atoms with Crippen LogP contribution in [0.5, 0.6) is 0 Å². The number of hydrogen-bond donors (Lipinski definition) is 1. The maximum Gasteiger partial charge on any atom is 0.409 e. The van der Waals surface area contributed by atoms with Gasteiger partial charge in [-0.05, 0) is 32.4 Å². The van der Waals surface area contributed by atoms with E-state index in [-0.39, 0.29) is 6.09 Å². The Morgan fingerprint density at radius 2 is 1.88 bits per heavy atom. The van der Waals surface area contributed by atoms with Gasteiger partial charge in [-0.1, -0.05) is 18.2 Å². The highest BCUT2D eigenvalue weighted by Gasteiger charge is 2.23. The molecule has 2 heterocycles. The lowest BCUT2D eigenvalue weighted by molar-refractivity contribution is 0.105. The minimum atomic E-state index is -0.243. The maximum absolute atomic E-state index is 11.8. The molecule has 1 aromatic carbocycles. The van der Waals surface area contributed by atoms with E-state index < -0.39 is 0 Å². The average Bonchev–Trinajstić information content (AvgIpc) is 2.63. The Bertz CT molecular complexity index is 772. The molecule has 0 unspecified atom stereocenters. The fourth-order valence-corrected chi connectivity index (χ4v) is 2.94. The van der Waals surface area contributed by atoms with E-state index >= 15 is 0 Å². The molecule has 1 N–H and O–H groups in total. The van der Waals surface area contributed by atoms with Gasteiger partial charge in [0, 0.05) is 43.6 Å². The van der Waals surface area contributed by atoms with Crippen molar-refractivity contribution in [1.29, 1.82) is 0 Å². The van der Waals surface area contributed by atoms with Gasteiger partial charge in [0.15, 0.2) is 0 Å². The highest BCUT2D eigenvalue weighted by atomic mass is 16.6.